The molecule has 0 bridgehead atoms. The Labute approximate surface area is 768 Å². The second-order valence-corrected chi connectivity index (χ2v) is 35.2. The first-order chi connectivity index (χ1) is 62.7. The summed E-state index contributed by atoms with van der Waals surface area (Å²) < 4.78 is 16.6. The molecule has 14 amide bonds. The Kier molecular flexibility index (Phi) is 45.6. The molecule has 4 heterocycles. The van der Waals surface area contributed by atoms with E-state index in [2.05, 4.69) is 99.7 Å². The monoisotopic (exact) mass is 1890 g/mol. The lowest BCUT2D eigenvalue weighted by Gasteiger charge is -2.29. The molecule has 1 aliphatic rings. The maximum absolute atomic E-state index is 15.2. The summed E-state index contributed by atoms with van der Waals surface area (Å²) in [7, 11) is 1.43. The number of nitrogens with one attached hydrogen (secondary N) is 19. The van der Waals surface area contributed by atoms with Crippen molar-refractivity contribution in [1.82, 2.24) is 99.7 Å². The van der Waals surface area contributed by atoms with E-state index in [-0.39, 0.29) is 108 Å². The van der Waals surface area contributed by atoms with E-state index in [1.165, 1.54) is 19.4 Å². The van der Waals surface area contributed by atoms with Crippen LogP contribution >= 0.6 is 21.6 Å². The van der Waals surface area contributed by atoms with E-state index in [0.29, 0.717) is 73.9 Å². The van der Waals surface area contributed by atoms with Gasteiger partial charge in [-0.3, -0.25) is 82.1 Å². The molecule has 27 N–H and O–H groups in total. The van der Waals surface area contributed by atoms with Crippen LogP contribution in [0.1, 0.15) is 124 Å². The number of para-hydroxylation sites is 2. The third kappa shape index (κ3) is 37.8. The number of hydrogen-bond donors (Lipinski definition) is 25. The summed E-state index contributed by atoms with van der Waals surface area (Å²) in [5.74, 6) is -21.7. The number of carbonyl (C=O) groups excluding carboxylic acids is 14. The Balaban J connectivity index is 1.37. The summed E-state index contributed by atoms with van der Waals surface area (Å²) in [4.78, 5) is 253. The van der Waals surface area contributed by atoms with Crippen molar-refractivity contribution in [2.45, 2.75) is 211 Å². The molecule has 46 nitrogen and oxygen atoms in total. The standard InChI is InChI=1S/C84H124N22O24S2/c1-43(2)30-57-73(116)93-39-66(109)96-56(19-20-67(110)111)74(117)100-58(31-44(3)4)79(122)105-69(45(5)6)82(125)102-60(33-49-37-92-55-18-12-10-15-52(49)55)76(119)104-64(81(124)106-70(47(8)107)83(126)127)41-132-131-40-63(103-78(121)62(35-68(112)113)97-65(108)21-24-128-26-28-130-29-27-129-25-23-89-72(115)53(85)16-13-22-90-84(86)87)80(123)95-46(7)71(114)98-59(32-48-36-91-54-17-11-9-14-51(48)54)75(118)101-61(77(120)99-57)34-50-38-88-42-94-50/h9-12,14-15,17-18,36-38,42-47,53,56-64,69-70,91-92,107H,13,16,19-35,39-41,85H2,1-8H3,(H,88,94)(H,89,115)(H,93,116)(H,95,123)(H,96,109)(H,97,108)(H,98,114)(H,99,120)(H,100,117)(H,101,118)(H,102,125)(H,103,121)(H,104,119)(H,105,122)(H,106,124)(H,110,111)(H,112,113)(H,126,127)(H4,86,87,90)/t46-,47+,53+,56-,57-,58-,59-,60-,61-,62-,63-,64-,69-,70-/m0/s1. The van der Waals surface area contributed by atoms with Gasteiger partial charge < -0.3 is 141 Å². The van der Waals surface area contributed by atoms with E-state index in [1.807, 2.05) is 0 Å². The number of rotatable bonds is 40. The molecule has 48 heteroatoms. The number of imidazole rings is 1. The van der Waals surface area contributed by atoms with Gasteiger partial charge in [0.25, 0.3) is 0 Å². The molecule has 0 unspecified atom stereocenters. The van der Waals surface area contributed by atoms with Crippen LogP contribution in [0, 0.1) is 23.2 Å². The molecule has 0 saturated carbocycles. The third-order valence-corrected chi connectivity index (χ3v) is 22.9. The average molecular weight is 1890 g/mol. The number of ether oxygens (including phenoxy) is 3. The fourth-order valence-electron chi connectivity index (χ4n) is 13.5. The van der Waals surface area contributed by atoms with Gasteiger partial charge in [0, 0.05) is 97.1 Å². The Bertz CT molecular complexity index is 4740. The van der Waals surface area contributed by atoms with Crippen LogP contribution in [0.15, 0.2) is 73.4 Å². The van der Waals surface area contributed by atoms with E-state index in [9.17, 15) is 82.8 Å². The van der Waals surface area contributed by atoms with Gasteiger partial charge in [-0.05, 0) is 87.0 Å². The van der Waals surface area contributed by atoms with Crippen molar-refractivity contribution in [3.63, 3.8) is 0 Å². The minimum Gasteiger partial charge on any atom is -0.481 e. The van der Waals surface area contributed by atoms with Crippen LogP contribution in [0.25, 0.3) is 21.8 Å². The first-order valence-electron chi connectivity index (χ1n) is 43.1. The molecule has 726 valence electrons. The normalized spacial score (nSPS) is 21.2. The highest BCUT2D eigenvalue weighted by atomic mass is 33.1. The van der Waals surface area contributed by atoms with Gasteiger partial charge in [0.15, 0.2) is 12.0 Å². The van der Waals surface area contributed by atoms with E-state index in [4.69, 9.17) is 31.1 Å². The van der Waals surface area contributed by atoms with Gasteiger partial charge in [-0.2, -0.15) is 0 Å². The lowest BCUT2D eigenvalue weighted by Crippen LogP contribution is -2.61. The molecular formula is C84H124N22O24S2. The van der Waals surface area contributed by atoms with Gasteiger partial charge in [0.1, 0.15) is 66.5 Å². The molecule has 0 aliphatic carbocycles. The highest BCUT2D eigenvalue weighted by Crippen LogP contribution is 2.26. The van der Waals surface area contributed by atoms with Crippen LogP contribution in [0.2, 0.25) is 0 Å². The van der Waals surface area contributed by atoms with Crippen molar-refractivity contribution < 1.29 is 116 Å². The van der Waals surface area contributed by atoms with E-state index in [0.717, 1.165) is 6.92 Å². The van der Waals surface area contributed by atoms with Crippen LogP contribution in [0.3, 0.4) is 0 Å². The molecule has 2 aromatic carbocycles. The summed E-state index contributed by atoms with van der Waals surface area (Å²) in [6, 6.07) is -7.47. The number of nitrogens with zero attached hydrogens (tertiary/aromatic N) is 1. The molecular weight excluding hydrogens is 1770 g/mol. The number of amides is 14. The van der Waals surface area contributed by atoms with Crippen LogP contribution < -0.4 is 91.2 Å². The van der Waals surface area contributed by atoms with Gasteiger partial charge in [-0.1, -0.05) is 99.5 Å². The number of carboxylic acid groups (broad SMARTS) is 3. The van der Waals surface area contributed by atoms with Gasteiger partial charge in [-0.15, -0.1) is 0 Å². The minimum atomic E-state index is -2.01. The van der Waals surface area contributed by atoms with Gasteiger partial charge in [-0.25, -0.2) is 9.78 Å². The van der Waals surface area contributed by atoms with E-state index in [1.54, 1.807) is 102 Å². The number of carboxylic acids is 3. The van der Waals surface area contributed by atoms with Crippen molar-refractivity contribution in [2.75, 3.05) is 70.8 Å². The number of nitrogens with two attached hydrogens (primary N) is 2. The van der Waals surface area contributed by atoms with E-state index < -0.39 is 229 Å². The highest BCUT2D eigenvalue weighted by molar-refractivity contribution is 8.76. The fraction of sp³-hybridized carbons (Fsp3) is 0.560. The Morgan fingerprint density at radius 3 is 1.64 bits per heavy atom. The predicted molar refractivity (Wildman–Crippen MR) is 482 cm³/mol. The Morgan fingerprint density at radius 2 is 1.09 bits per heavy atom. The highest BCUT2D eigenvalue weighted by Gasteiger charge is 2.40. The molecule has 3 aromatic heterocycles. The van der Waals surface area contributed by atoms with Crippen molar-refractivity contribution >= 4 is 150 Å². The number of aliphatic hydroxyl groups is 1. The number of aliphatic carboxylic acids is 3. The number of aromatic amines is 3. The van der Waals surface area contributed by atoms with Crippen molar-refractivity contribution in [3.8, 4) is 0 Å². The quantitative estimate of drug-likeness (QED) is 0.00781. The molecule has 1 saturated heterocycles. The van der Waals surface area contributed by atoms with Crippen LogP contribution in [-0.2, 0) is 115 Å². The zero-order valence-corrected chi connectivity index (χ0v) is 76.3. The number of hydrogen-bond acceptors (Lipinski definition) is 26. The lowest BCUT2D eigenvalue weighted by atomic mass is 9.98. The summed E-state index contributed by atoms with van der Waals surface area (Å²) in [5, 5.41) is 87.3. The maximum atomic E-state index is 15.2. The summed E-state index contributed by atoms with van der Waals surface area (Å²) in [6.07, 6.45) is 0.949. The molecule has 132 heavy (non-hydrogen) atoms. The van der Waals surface area contributed by atoms with Crippen molar-refractivity contribution in [2.24, 2.45) is 29.2 Å². The zero-order chi connectivity index (χ0) is 97.3. The largest absolute Gasteiger partial charge is 0.481 e. The second kappa shape index (κ2) is 55.6. The molecule has 1 fully saturated rings. The molecule has 0 spiro atoms. The van der Waals surface area contributed by atoms with Crippen LogP contribution in [0.4, 0.5) is 0 Å². The Hall–Kier alpha value is -12.5. The summed E-state index contributed by atoms with van der Waals surface area (Å²) in [5.41, 5.74) is 13.5. The number of carbonyl (C=O) groups is 17. The van der Waals surface area contributed by atoms with Crippen LogP contribution in [0.5, 0.6) is 0 Å². The lowest BCUT2D eigenvalue weighted by molar-refractivity contribution is -0.145. The van der Waals surface area contributed by atoms with Crippen LogP contribution in [-0.4, -0.2) is 302 Å². The molecule has 0 radical (unpaired) electrons. The number of H-pyrrole nitrogens is 3. The number of guanidine groups is 1. The summed E-state index contributed by atoms with van der Waals surface area (Å²) >= 11 is 0. The summed E-state index contributed by atoms with van der Waals surface area (Å²) in [6.45, 7) is 11.9. The number of aliphatic hydroxyl groups excluding tert-OH is 1. The maximum Gasteiger partial charge on any atom is 0.328 e. The number of aromatic nitrogens is 4. The fourth-order valence-corrected chi connectivity index (χ4v) is 15.8. The third-order valence-electron chi connectivity index (χ3n) is 20.5. The predicted octanol–water partition coefficient (Wildman–Crippen LogP) is -3.55. The minimum absolute atomic E-state index is 0.0290. The SMILES string of the molecule is CC(C)C[C@@H]1NC(=O)[C@H](Cc2c[nH]cn2)NC(=O)[C@H](Cc2c[nH]c3ccccc23)NC(=O)[C@H](C)NC(=O)[C@@H](NC(=O)[C@H](CC(=O)O)NC(=O)CCOCCOCCOCCNC(=O)[C@H](N)CCCNC(=N)N)CSSC[C@@H](C(=O)N[C@H](C(=O)O)[C@@H](C)O)NC(=O)[C@H](Cc2c[nH]c3ccccc23)NC(=O)[C@H](C(C)C)NC(=O)[C@H](CC(C)C)NC(=O)[C@H](CCC(=O)O)NC(=O)CNC1=O. The molecule has 6 rings (SSSR count). The topological polar surface area (TPSA) is 715 Å². The first kappa shape index (κ1) is 108. The average Bonchev–Trinajstić information content (AvgIpc) is 1.64. The van der Waals surface area contributed by atoms with Gasteiger partial charge >= 0.3 is 17.9 Å². The van der Waals surface area contributed by atoms with E-state index >= 15 is 19.2 Å². The second-order valence-electron chi connectivity index (χ2n) is 32.6. The first-order valence-corrected chi connectivity index (χ1v) is 45.6. The number of benzene rings is 2. The number of fused-ring (bicyclic) bond motifs is 2. The van der Waals surface area contributed by atoms with Crippen molar-refractivity contribution in [3.05, 3.63) is 90.3 Å². The Morgan fingerprint density at radius 1 is 0.561 bits per heavy atom. The van der Waals surface area contributed by atoms with Gasteiger partial charge in [0.05, 0.1) is 76.8 Å². The van der Waals surface area contributed by atoms with Crippen molar-refractivity contribution in [1.29, 1.82) is 5.41 Å². The molecule has 1 aliphatic heterocycles. The zero-order valence-electron chi connectivity index (χ0n) is 74.7. The molecule has 14 atom stereocenters. The smallest absolute Gasteiger partial charge is 0.328 e. The van der Waals surface area contributed by atoms with Gasteiger partial charge in [0.2, 0.25) is 82.7 Å². The molecule has 5 aromatic rings.